The second-order valence-corrected chi connectivity index (χ2v) is 6.99. The number of carbonyl (C=O) groups is 1. The largest absolute Gasteiger partial charge is 0.481 e. The maximum Gasteiger partial charge on any atom is 0.313 e. The molecule has 0 saturated carbocycles. The van der Waals surface area contributed by atoms with Crippen LogP contribution in [0.3, 0.4) is 0 Å². The molecule has 20 heavy (non-hydrogen) atoms. The fourth-order valence-electron chi connectivity index (χ4n) is 2.31. The van der Waals surface area contributed by atoms with Crippen LogP contribution in [0.4, 0.5) is 5.13 Å². The first-order valence-electron chi connectivity index (χ1n) is 6.73. The lowest BCUT2D eigenvalue weighted by Gasteiger charge is -2.35. The Balaban J connectivity index is 1.89. The van der Waals surface area contributed by atoms with Crippen LogP contribution in [0.5, 0.6) is 0 Å². The first-order valence-corrected chi connectivity index (χ1v) is 8.53. The molecule has 2 rings (SSSR count). The van der Waals surface area contributed by atoms with E-state index in [1.54, 1.807) is 0 Å². The number of thioether (sulfide) groups is 1. The zero-order valence-corrected chi connectivity index (χ0v) is 13.4. The number of carboxylic acid groups (broad SMARTS) is 1. The number of carboxylic acids is 1. The normalized spacial score (nSPS) is 17.3. The van der Waals surface area contributed by atoms with Gasteiger partial charge in [-0.3, -0.25) is 4.79 Å². The third kappa shape index (κ3) is 4.07. The van der Waals surface area contributed by atoms with Crippen molar-refractivity contribution in [3.05, 3.63) is 0 Å². The van der Waals surface area contributed by atoms with Crippen molar-refractivity contribution in [2.75, 3.05) is 37.3 Å². The van der Waals surface area contributed by atoms with E-state index in [9.17, 15) is 4.79 Å². The third-order valence-corrected chi connectivity index (χ3v) is 5.70. The number of rotatable bonds is 6. The summed E-state index contributed by atoms with van der Waals surface area (Å²) < 4.78 is 0.722. The average molecular weight is 316 g/mol. The molecule has 0 amide bonds. The van der Waals surface area contributed by atoms with Crippen LogP contribution >= 0.6 is 23.1 Å². The molecule has 1 fully saturated rings. The third-order valence-electron chi connectivity index (χ3n) is 3.57. The molecule has 0 radical (unpaired) electrons. The lowest BCUT2D eigenvalue weighted by molar-refractivity contribution is -0.133. The molecular weight excluding hydrogens is 296 g/mol. The number of likely N-dealkylation sites (tertiary alicyclic amines) is 1. The fourth-order valence-corrected chi connectivity index (χ4v) is 3.90. The van der Waals surface area contributed by atoms with E-state index in [2.05, 4.69) is 34.0 Å². The van der Waals surface area contributed by atoms with Crippen LogP contribution in [0.25, 0.3) is 0 Å². The van der Waals surface area contributed by atoms with Gasteiger partial charge in [0.1, 0.15) is 0 Å². The van der Waals surface area contributed by atoms with Gasteiger partial charge in [-0.25, -0.2) is 0 Å². The number of hydrogen-bond acceptors (Lipinski definition) is 7. The van der Waals surface area contributed by atoms with Gasteiger partial charge in [-0.2, -0.15) is 0 Å². The molecule has 1 N–H and O–H groups in total. The minimum atomic E-state index is -0.827. The highest BCUT2D eigenvalue weighted by Crippen LogP contribution is 2.30. The summed E-state index contributed by atoms with van der Waals surface area (Å²) in [5, 5.41) is 17.8. The minimum absolute atomic E-state index is 0.0350. The van der Waals surface area contributed by atoms with Crippen molar-refractivity contribution in [3.8, 4) is 0 Å². The van der Waals surface area contributed by atoms with Crippen LogP contribution < -0.4 is 4.90 Å². The van der Waals surface area contributed by atoms with E-state index in [-0.39, 0.29) is 5.75 Å². The van der Waals surface area contributed by atoms with E-state index in [0.717, 1.165) is 41.9 Å². The molecule has 0 atom stereocenters. The van der Waals surface area contributed by atoms with Crippen molar-refractivity contribution in [1.82, 2.24) is 15.1 Å². The Kier molecular flexibility index (Phi) is 5.62. The van der Waals surface area contributed by atoms with Gasteiger partial charge >= 0.3 is 5.97 Å². The van der Waals surface area contributed by atoms with E-state index in [1.165, 1.54) is 23.1 Å². The van der Waals surface area contributed by atoms with E-state index >= 15 is 0 Å². The molecule has 0 bridgehead atoms. The topological polar surface area (TPSA) is 69.6 Å². The summed E-state index contributed by atoms with van der Waals surface area (Å²) in [5.74, 6) is -0.792. The molecule has 1 aromatic rings. The molecule has 8 heteroatoms. The second-order valence-electron chi connectivity index (χ2n) is 4.81. The van der Waals surface area contributed by atoms with Gasteiger partial charge in [-0.1, -0.05) is 30.0 Å². The molecule has 1 aliphatic heterocycles. The highest BCUT2D eigenvalue weighted by Gasteiger charge is 2.23. The Bertz CT molecular complexity index is 446. The van der Waals surface area contributed by atoms with Crippen LogP contribution in [-0.4, -0.2) is 64.6 Å². The molecule has 0 spiro atoms. The Morgan fingerprint density at radius 1 is 1.50 bits per heavy atom. The monoisotopic (exact) mass is 316 g/mol. The van der Waals surface area contributed by atoms with Gasteiger partial charge < -0.3 is 14.9 Å². The van der Waals surface area contributed by atoms with Crippen molar-refractivity contribution < 1.29 is 9.90 Å². The predicted molar refractivity (Wildman–Crippen MR) is 81.8 cm³/mol. The number of aromatic nitrogens is 2. The predicted octanol–water partition coefficient (Wildman–Crippen LogP) is 1.64. The molecule has 6 nitrogen and oxygen atoms in total. The Hall–Kier alpha value is -0.860. The molecule has 0 unspecified atom stereocenters. The smallest absolute Gasteiger partial charge is 0.313 e. The quantitative estimate of drug-likeness (QED) is 0.800. The summed E-state index contributed by atoms with van der Waals surface area (Å²) >= 11 is 2.70. The van der Waals surface area contributed by atoms with Crippen molar-refractivity contribution in [2.45, 2.75) is 30.1 Å². The van der Waals surface area contributed by atoms with Gasteiger partial charge in [0.15, 0.2) is 4.34 Å². The van der Waals surface area contributed by atoms with Crippen LogP contribution in [0.2, 0.25) is 0 Å². The first kappa shape index (κ1) is 15.5. The van der Waals surface area contributed by atoms with E-state index in [4.69, 9.17) is 5.11 Å². The summed E-state index contributed by atoms with van der Waals surface area (Å²) in [6.07, 6.45) is 2.28. The lowest BCUT2D eigenvalue weighted by Crippen LogP contribution is -2.43. The van der Waals surface area contributed by atoms with Crippen LogP contribution in [0, 0.1) is 0 Å². The summed E-state index contributed by atoms with van der Waals surface area (Å²) in [5.41, 5.74) is 0. The zero-order valence-electron chi connectivity index (χ0n) is 11.8. The van der Waals surface area contributed by atoms with Gasteiger partial charge in [0.25, 0.3) is 0 Å². The van der Waals surface area contributed by atoms with Gasteiger partial charge in [0, 0.05) is 26.2 Å². The average Bonchev–Trinajstić information content (AvgIpc) is 2.93. The van der Waals surface area contributed by atoms with Crippen LogP contribution in [0.15, 0.2) is 4.34 Å². The lowest BCUT2D eigenvalue weighted by atomic mass is 10.0. The van der Waals surface area contributed by atoms with E-state index in [0.29, 0.717) is 6.04 Å². The van der Waals surface area contributed by atoms with Crippen molar-refractivity contribution >= 4 is 34.2 Å². The molecule has 0 aliphatic carbocycles. The summed E-state index contributed by atoms with van der Waals surface area (Å²) in [6, 6.07) is 0.503. The molecule has 0 aromatic carbocycles. The summed E-state index contributed by atoms with van der Waals surface area (Å²) in [6.45, 7) is 5.57. The maximum absolute atomic E-state index is 10.5. The zero-order chi connectivity index (χ0) is 14.5. The maximum atomic E-state index is 10.5. The SMILES string of the molecule is CCN1CCC(N(C)c2nnc(SCC(=O)O)s2)CC1. The molecule has 112 valence electrons. The van der Waals surface area contributed by atoms with E-state index in [1.807, 2.05) is 0 Å². The number of piperidine rings is 1. The van der Waals surface area contributed by atoms with Gasteiger partial charge in [-0.05, 0) is 19.4 Å². The highest BCUT2D eigenvalue weighted by atomic mass is 32.2. The van der Waals surface area contributed by atoms with Crippen molar-refractivity contribution in [2.24, 2.45) is 0 Å². The molecular formula is C12H20N4O2S2. The first-order chi connectivity index (χ1) is 9.60. The Morgan fingerprint density at radius 2 is 2.20 bits per heavy atom. The van der Waals surface area contributed by atoms with Gasteiger partial charge in [-0.15, -0.1) is 10.2 Å². The molecule has 1 aromatic heterocycles. The number of hydrogen-bond donors (Lipinski definition) is 1. The highest BCUT2D eigenvalue weighted by molar-refractivity contribution is 8.01. The van der Waals surface area contributed by atoms with Crippen molar-refractivity contribution in [3.63, 3.8) is 0 Å². The van der Waals surface area contributed by atoms with Gasteiger partial charge in [0.2, 0.25) is 5.13 Å². The standard InChI is InChI=1S/C12H20N4O2S2/c1-3-16-6-4-9(5-7-16)15(2)11-13-14-12(20-11)19-8-10(17)18/h9H,3-8H2,1-2H3,(H,17,18). The number of aliphatic carboxylic acids is 1. The number of nitrogens with zero attached hydrogens (tertiary/aromatic N) is 4. The summed E-state index contributed by atoms with van der Waals surface area (Å²) in [4.78, 5) is 15.2. The van der Waals surface area contributed by atoms with Crippen LogP contribution in [0.1, 0.15) is 19.8 Å². The minimum Gasteiger partial charge on any atom is -0.481 e. The molecule has 1 aliphatic rings. The molecule has 2 heterocycles. The fraction of sp³-hybridized carbons (Fsp3) is 0.750. The van der Waals surface area contributed by atoms with Crippen LogP contribution in [-0.2, 0) is 4.79 Å². The van der Waals surface area contributed by atoms with Crippen molar-refractivity contribution in [1.29, 1.82) is 0 Å². The van der Waals surface area contributed by atoms with E-state index < -0.39 is 5.97 Å². The second kappa shape index (κ2) is 7.24. The Labute approximate surface area is 127 Å². The number of anilines is 1. The van der Waals surface area contributed by atoms with Gasteiger partial charge in [0.05, 0.1) is 5.75 Å². The molecule has 1 saturated heterocycles. The summed E-state index contributed by atoms with van der Waals surface area (Å²) in [7, 11) is 2.05. The Morgan fingerprint density at radius 3 is 2.80 bits per heavy atom.